The molecule has 1 aromatic rings. The van der Waals surface area contributed by atoms with Gasteiger partial charge in [0.2, 0.25) is 0 Å². The number of rotatable bonds is 4. The van der Waals surface area contributed by atoms with Gasteiger partial charge >= 0.3 is 0 Å². The van der Waals surface area contributed by atoms with Gasteiger partial charge in [-0.15, -0.1) is 0 Å². The van der Waals surface area contributed by atoms with Gasteiger partial charge in [0.1, 0.15) is 6.61 Å². The van der Waals surface area contributed by atoms with Crippen molar-refractivity contribution in [2.24, 2.45) is 16.0 Å². The highest BCUT2D eigenvalue weighted by molar-refractivity contribution is 6.32. The number of hydrogen-bond acceptors (Lipinski definition) is 4. The van der Waals surface area contributed by atoms with Gasteiger partial charge in [0.05, 0.1) is 11.2 Å². The predicted octanol–water partition coefficient (Wildman–Crippen LogP) is 0.925. The van der Waals surface area contributed by atoms with Gasteiger partial charge in [-0.05, 0) is 18.1 Å². The van der Waals surface area contributed by atoms with Gasteiger partial charge in [-0.1, -0.05) is 11.6 Å². The molecule has 0 atom stereocenters. The van der Waals surface area contributed by atoms with Crippen LogP contribution in [0.25, 0.3) is 0 Å². The second-order valence-electron chi connectivity index (χ2n) is 2.66. The Morgan fingerprint density at radius 2 is 2.56 bits per heavy atom. The summed E-state index contributed by atoms with van der Waals surface area (Å²) in [5.41, 5.74) is 8.63. The van der Waals surface area contributed by atoms with Crippen molar-refractivity contribution in [2.75, 3.05) is 6.61 Å². The summed E-state index contributed by atoms with van der Waals surface area (Å²) in [4.78, 5) is 8.56. The normalized spacial score (nSPS) is 11.8. The van der Waals surface area contributed by atoms with Crippen molar-refractivity contribution < 1.29 is 4.84 Å². The van der Waals surface area contributed by atoms with Gasteiger partial charge in [-0.2, -0.15) is 5.10 Å². The Hall–Kier alpha value is -1.82. The summed E-state index contributed by atoms with van der Waals surface area (Å²) < 4.78 is 0. The monoisotopic (exact) mass is 241 g/mol. The fourth-order valence-corrected chi connectivity index (χ4v) is 0.981. The Kier molecular flexibility index (Phi) is 5.07. The molecule has 3 N–H and O–H groups in total. The van der Waals surface area contributed by atoms with E-state index in [1.54, 1.807) is 19.2 Å². The fraction of sp³-hybridized carbons (Fsp3) is 0.222. The molecule has 0 aromatic carbocycles. The number of halogens is 1. The van der Waals surface area contributed by atoms with Crippen LogP contribution < -0.4 is 11.2 Å². The van der Waals surface area contributed by atoms with Crippen LogP contribution in [0.2, 0.25) is 5.02 Å². The summed E-state index contributed by atoms with van der Waals surface area (Å²) in [5.74, 6) is 0.0725. The third-order valence-electron chi connectivity index (χ3n) is 1.48. The Bertz CT molecular complexity index is 393. The summed E-state index contributed by atoms with van der Waals surface area (Å²) in [7, 11) is 0. The maximum Gasteiger partial charge on any atom is 0.251 e. The lowest BCUT2D eigenvalue weighted by Crippen LogP contribution is -2.27. The van der Waals surface area contributed by atoms with Crippen LogP contribution in [0.5, 0.6) is 0 Å². The van der Waals surface area contributed by atoms with Crippen molar-refractivity contribution in [1.82, 2.24) is 10.4 Å². The number of hydrazone groups is 1. The molecule has 0 radical (unpaired) electrons. The highest BCUT2D eigenvalue weighted by Crippen LogP contribution is 2.10. The molecule has 0 saturated heterocycles. The number of hydrogen-bond donors (Lipinski definition) is 2. The highest BCUT2D eigenvalue weighted by atomic mass is 35.5. The number of aromatic nitrogens is 1. The van der Waals surface area contributed by atoms with Gasteiger partial charge in [0, 0.05) is 18.0 Å². The molecule has 6 nitrogen and oxygen atoms in total. The van der Waals surface area contributed by atoms with Crippen LogP contribution in [0.4, 0.5) is 0 Å². The van der Waals surface area contributed by atoms with Gasteiger partial charge in [-0.3, -0.25) is 4.98 Å². The molecule has 0 amide bonds. The lowest BCUT2D eigenvalue weighted by molar-refractivity contribution is 0.157. The summed E-state index contributed by atoms with van der Waals surface area (Å²) in [5, 5.41) is 7.86. The van der Waals surface area contributed by atoms with E-state index < -0.39 is 0 Å². The first kappa shape index (κ1) is 12.3. The number of nitrogens with two attached hydrogens (primary N) is 1. The van der Waals surface area contributed by atoms with Gasteiger partial charge in [0.15, 0.2) is 0 Å². The third kappa shape index (κ3) is 4.14. The maximum atomic E-state index is 5.86. The minimum atomic E-state index is 0.0725. The molecule has 1 aromatic heterocycles. The topological polar surface area (TPSA) is 84.9 Å². The minimum Gasteiger partial charge on any atom is -0.393 e. The zero-order valence-corrected chi connectivity index (χ0v) is 9.48. The molecular weight excluding hydrogens is 230 g/mol. The van der Waals surface area contributed by atoms with Crippen molar-refractivity contribution in [2.45, 2.75) is 6.92 Å². The second-order valence-corrected chi connectivity index (χ2v) is 3.07. The molecule has 0 fully saturated rings. The average molecular weight is 242 g/mol. The first-order valence-corrected chi connectivity index (χ1v) is 4.96. The Balaban J connectivity index is 2.52. The Labute approximate surface area is 98.1 Å². The first-order valence-electron chi connectivity index (χ1n) is 4.58. The molecule has 16 heavy (non-hydrogen) atoms. The number of pyridine rings is 1. The van der Waals surface area contributed by atoms with E-state index >= 15 is 0 Å². The zero-order chi connectivity index (χ0) is 11.8. The smallest absolute Gasteiger partial charge is 0.251 e. The Morgan fingerprint density at radius 1 is 1.75 bits per heavy atom. The van der Waals surface area contributed by atoms with Crippen molar-refractivity contribution in [3.05, 3.63) is 29.0 Å². The molecule has 1 rings (SSSR count). The van der Waals surface area contributed by atoms with Crippen molar-refractivity contribution in [3.8, 4) is 0 Å². The van der Waals surface area contributed by atoms with Crippen LogP contribution in [0, 0.1) is 0 Å². The molecule has 0 bridgehead atoms. The van der Waals surface area contributed by atoms with E-state index in [2.05, 4.69) is 20.7 Å². The van der Waals surface area contributed by atoms with E-state index in [1.807, 2.05) is 0 Å². The van der Waals surface area contributed by atoms with E-state index in [1.165, 1.54) is 12.4 Å². The molecule has 7 heteroatoms. The predicted molar refractivity (Wildman–Crippen MR) is 63.2 cm³/mol. The van der Waals surface area contributed by atoms with Crippen molar-refractivity contribution in [3.63, 3.8) is 0 Å². The zero-order valence-electron chi connectivity index (χ0n) is 8.72. The standard InChI is InChI=1S/C9H12ClN5O/c1-2-16-15-9(11)14-13-5-7-3-4-12-6-8(7)10/h3-6H,2H2,1H3,(H3,11,14,15)/b13-5+. The average Bonchev–Trinajstić information content (AvgIpc) is 2.29. The molecule has 0 aliphatic carbocycles. The molecule has 0 saturated carbocycles. The molecular formula is C9H12ClN5O. The lowest BCUT2D eigenvalue weighted by atomic mass is 10.3. The van der Waals surface area contributed by atoms with Crippen LogP contribution in [0.15, 0.2) is 28.7 Å². The maximum absolute atomic E-state index is 5.86. The van der Waals surface area contributed by atoms with E-state index in [-0.39, 0.29) is 5.96 Å². The summed E-state index contributed by atoms with van der Waals surface area (Å²) in [6.07, 6.45) is 4.66. The number of nitrogens with zero attached hydrogens (tertiary/aromatic N) is 3. The Morgan fingerprint density at radius 3 is 3.25 bits per heavy atom. The number of guanidine groups is 1. The van der Waals surface area contributed by atoms with Crippen LogP contribution in [0.3, 0.4) is 0 Å². The SMILES string of the molecule is CCO/N=C(\N)N/N=C/c1ccncc1Cl. The van der Waals surface area contributed by atoms with Gasteiger partial charge in [-0.25, -0.2) is 5.43 Å². The third-order valence-corrected chi connectivity index (χ3v) is 1.79. The molecule has 0 spiro atoms. The summed E-state index contributed by atoms with van der Waals surface area (Å²) >= 11 is 5.86. The number of nitrogens with one attached hydrogen (secondary N) is 1. The fourth-order valence-electron chi connectivity index (χ4n) is 0.813. The van der Waals surface area contributed by atoms with Gasteiger partial charge in [0.25, 0.3) is 5.96 Å². The van der Waals surface area contributed by atoms with E-state index in [0.717, 1.165) is 5.56 Å². The van der Waals surface area contributed by atoms with Crippen LogP contribution >= 0.6 is 11.6 Å². The van der Waals surface area contributed by atoms with Crippen LogP contribution in [-0.2, 0) is 4.84 Å². The molecule has 0 aliphatic heterocycles. The lowest BCUT2D eigenvalue weighted by Gasteiger charge is -1.99. The molecule has 1 heterocycles. The molecule has 0 aliphatic rings. The molecule has 0 unspecified atom stereocenters. The first-order chi connectivity index (χ1) is 7.74. The van der Waals surface area contributed by atoms with E-state index in [9.17, 15) is 0 Å². The quantitative estimate of drug-likeness (QED) is 0.466. The highest BCUT2D eigenvalue weighted by Gasteiger charge is 1.94. The van der Waals surface area contributed by atoms with Crippen molar-refractivity contribution >= 4 is 23.8 Å². The molecule has 86 valence electrons. The summed E-state index contributed by atoms with van der Waals surface area (Å²) in [6.45, 7) is 2.25. The van der Waals surface area contributed by atoms with E-state index in [4.69, 9.17) is 22.2 Å². The van der Waals surface area contributed by atoms with Crippen molar-refractivity contribution in [1.29, 1.82) is 0 Å². The van der Waals surface area contributed by atoms with E-state index in [0.29, 0.717) is 11.6 Å². The minimum absolute atomic E-state index is 0.0725. The van der Waals surface area contributed by atoms with Crippen LogP contribution in [-0.4, -0.2) is 23.8 Å². The number of oxime groups is 1. The second kappa shape index (κ2) is 6.62. The van der Waals surface area contributed by atoms with Crippen LogP contribution in [0.1, 0.15) is 12.5 Å². The van der Waals surface area contributed by atoms with Gasteiger partial charge < -0.3 is 10.6 Å². The summed E-state index contributed by atoms with van der Waals surface area (Å²) in [6, 6.07) is 1.73. The largest absolute Gasteiger partial charge is 0.393 e.